The monoisotopic (exact) mass is 373 g/mol. The van der Waals surface area contributed by atoms with Crippen LogP contribution in [0.1, 0.15) is 31.2 Å². The van der Waals surface area contributed by atoms with E-state index in [0.29, 0.717) is 5.13 Å². The summed E-state index contributed by atoms with van der Waals surface area (Å²) in [4.78, 5) is 9.50. The molecule has 3 N–H and O–H groups in total. The summed E-state index contributed by atoms with van der Waals surface area (Å²) in [7, 11) is 0. The number of benzene rings is 2. The van der Waals surface area contributed by atoms with E-state index in [4.69, 9.17) is 10.7 Å². The lowest BCUT2D eigenvalue weighted by atomic mass is 9.92. The van der Waals surface area contributed by atoms with Gasteiger partial charge in [0.1, 0.15) is 0 Å². The Morgan fingerprint density at radius 2 is 2.11 bits per heavy atom. The average Bonchev–Trinajstić information content (AvgIpc) is 3.31. The summed E-state index contributed by atoms with van der Waals surface area (Å²) in [5, 5.41) is 8.76. The lowest BCUT2D eigenvalue weighted by Crippen LogP contribution is -2.08. The highest BCUT2D eigenvalue weighted by Crippen LogP contribution is 2.29. The van der Waals surface area contributed by atoms with Gasteiger partial charge in [0.05, 0.1) is 33.3 Å². The highest BCUT2D eigenvalue weighted by molar-refractivity contribution is 7.22. The molecule has 2 aromatic heterocycles. The van der Waals surface area contributed by atoms with Crippen LogP contribution in [0, 0.1) is 0 Å². The van der Waals surface area contributed by atoms with Crippen molar-refractivity contribution in [1.29, 1.82) is 0 Å². The first kappa shape index (κ1) is 16.2. The third kappa shape index (κ3) is 3.13. The Morgan fingerprint density at radius 3 is 3.00 bits per heavy atom. The number of aromatic nitrogens is 3. The number of hydrogen-bond donors (Lipinski definition) is 2. The third-order valence-corrected chi connectivity index (χ3v) is 5.80. The molecule has 134 valence electrons. The highest BCUT2D eigenvalue weighted by atomic mass is 32.1. The number of allylic oxidation sites excluding steroid dienone is 2. The topological polar surface area (TPSA) is 80.0 Å². The van der Waals surface area contributed by atoms with Gasteiger partial charge in [-0.2, -0.15) is 5.10 Å². The SMILES string of the molecule is Nc1nc2cc(C(=Nc3ccc4[nH]ncc4c3)C3=CCCCC3)ccc2s1. The van der Waals surface area contributed by atoms with Crippen molar-refractivity contribution < 1.29 is 0 Å². The van der Waals surface area contributed by atoms with Crippen LogP contribution >= 0.6 is 11.3 Å². The number of anilines is 1. The summed E-state index contributed by atoms with van der Waals surface area (Å²) >= 11 is 1.52. The second-order valence-electron chi connectivity index (χ2n) is 6.81. The zero-order chi connectivity index (χ0) is 18.2. The van der Waals surface area contributed by atoms with E-state index in [-0.39, 0.29) is 0 Å². The number of thiazole rings is 1. The molecule has 0 bridgehead atoms. The predicted octanol–water partition coefficient (Wildman–Crippen LogP) is 5.38. The molecular weight excluding hydrogens is 354 g/mol. The number of aromatic amines is 1. The van der Waals surface area contributed by atoms with E-state index in [1.165, 1.54) is 29.8 Å². The Bertz CT molecular complexity index is 1200. The first-order chi connectivity index (χ1) is 13.3. The van der Waals surface area contributed by atoms with Gasteiger partial charge in [-0.1, -0.05) is 23.5 Å². The maximum atomic E-state index is 5.88. The molecule has 0 amide bonds. The number of nitrogens with two attached hydrogens (primary N) is 1. The molecule has 5 nitrogen and oxygen atoms in total. The van der Waals surface area contributed by atoms with Crippen LogP contribution in [0.2, 0.25) is 0 Å². The Hall–Kier alpha value is -2.99. The molecule has 5 rings (SSSR count). The zero-order valence-corrected chi connectivity index (χ0v) is 15.6. The molecule has 0 saturated carbocycles. The van der Waals surface area contributed by atoms with Gasteiger partial charge in [-0.25, -0.2) is 9.98 Å². The molecule has 27 heavy (non-hydrogen) atoms. The van der Waals surface area contributed by atoms with E-state index in [2.05, 4.69) is 45.5 Å². The number of rotatable bonds is 3. The van der Waals surface area contributed by atoms with Gasteiger partial charge in [-0.05, 0) is 61.6 Å². The minimum Gasteiger partial charge on any atom is -0.375 e. The van der Waals surface area contributed by atoms with Crippen LogP contribution in [0.15, 0.2) is 59.2 Å². The molecule has 0 aliphatic heterocycles. The third-order valence-electron chi connectivity index (χ3n) is 4.94. The number of hydrogen-bond acceptors (Lipinski definition) is 5. The number of H-pyrrole nitrogens is 1. The van der Waals surface area contributed by atoms with Crippen LogP contribution in [-0.2, 0) is 0 Å². The maximum Gasteiger partial charge on any atom is 0.181 e. The van der Waals surface area contributed by atoms with Gasteiger partial charge >= 0.3 is 0 Å². The smallest absolute Gasteiger partial charge is 0.181 e. The van der Waals surface area contributed by atoms with E-state index >= 15 is 0 Å². The molecule has 0 unspecified atom stereocenters. The van der Waals surface area contributed by atoms with Gasteiger partial charge < -0.3 is 5.73 Å². The Labute approximate surface area is 160 Å². The molecule has 1 aliphatic carbocycles. The summed E-state index contributed by atoms with van der Waals surface area (Å²) in [5.74, 6) is 0. The highest BCUT2D eigenvalue weighted by Gasteiger charge is 2.15. The second-order valence-corrected chi connectivity index (χ2v) is 7.87. The van der Waals surface area contributed by atoms with Crippen LogP contribution in [0.25, 0.3) is 21.1 Å². The average molecular weight is 373 g/mol. The summed E-state index contributed by atoms with van der Waals surface area (Å²) in [6, 6.07) is 12.5. The molecule has 0 radical (unpaired) electrons. The Balaban J connectivity index is 1.65. The fraction of sp³-hybridized carbons (Fsp3) is 0.190. The van der Waals surface area contributed by atoms with Crippen molar-refractivity contribution in [3.63, 3.8) is 0 Å². The van der Waals surface area contributed by atoms with Crippen LogP contribution in [-0.4, -0.2) is 20.9 Å². The number of nitrogens with one attached hydrogen (secondary N) is 1. The molecule has 6 heteroatoms. The van der Waals surface area contributed by atoms with E-state index in [1.54, 1.807) is 0 Å². The lowest BCUT2D eigenvalue weighted by Gasteiger charge is -2.16. The minimum atomic E-state index is 0.600. The van der Waals surface area contributed by atoms with E-state index in [1.807, 2.05) is 18.3 Å². The van der Waals surface area contributed by atoms with Gasteiger partial charge in [0, 0.05) is 10.9 Å². The molecule has 0 spiro atoms. The lowest BCUT2D eigenvalue weighted by molar-refractivity contribution is 0.717. The van der Waals surface area contributed by atoms with E-state index < -0.39 is 0 Å². The van der Waals surface area contributed by atoms with Crippen LogP contribution in [0.3, 0.4) is 0 Å². The van der Waals surface area contributed by atoms with Crippen molar-refractivity contribution in [3.05, 3.63) is 59.8 Å². The fourth-order valence-electron chi connectivity index (χ4n) is 3.60. The summed E-state index contributed by atoms with van der Waals surface area (Å²) in [5.41, 5.74) is 12.2. The minimum absolute atomic E-state index is 0.600. The van der Waals surface area contributed by atoms with Crippen LogP contribution in [0.4, 0.5) is 10.8 Å². The number of nitrogen functional groups attached to an aromatic ring is 1. The standard InChI is InChI=1S/C21H19N5S/c22-21-25-18-11-14(6-9-19(18)27-21)20(13-4-2-1-3-5-13)24-16-7-8-17-15(10-16)12-23-26-17/h4,6-12H,1-3,5H2,(H2,22,25)(H,23,26). The zero-order valence-electron chi connectivity index (χ0n) is 14.8. The van der Waals surface area contributed by atoms with Crippen molar-refractivity contribution >= 4 is 49.0 Å². The Morgan fingerprint density at radius 1 is 1.15 bits per heavy atom. The predicted molar refractivity (Wildman–Crippen MR) is 113 cm³/mol. The normalized spacial score (nSPS) is 15.4. The van der Waals surface area contributed by atoms with Crippen molar-refractivity contribution in [3.8, 4) is 0 Å². The largest absolute Gasteiger partial charge is 0.375 e. The van der Waals surface area contributed by atoms with Crippen molar-refractivity contribution in [2.24, 2.45) is 4.99 Å². The number of fused-ring (bicyclic) bond motifs is 2. The van der Waals surface area contributed by atoms with Crippen molar-refractivity contribution in [2.45, 2.75) is 25.7 Å². The van der Waals surface area contributed by atoms with Crippen LogP contribution < -0.4 is 5.73 Å². The number of aliphatic imine (C=N–C) groups is 1. The molecule has 2 aromatic carbocycles. The quantitative estimate of drug-likeness (QED) is 0.473. The van der Waals surface area contributed by atoms with E-state index in [0.717, 1.165) is 50.9 Å². The summed E-state index contributed by atoms with van der Waals surface area (Å²) < 4.78 is 1.10. The molecular formula is C21H19N5S. The molecule has 0 fully saturated rings. The van der Waals surface area contributed by atoms with Gasteiger partial charge in [-0.3, -0.25) is 5.10 Å². The van der Waals surface area contributed by atoms with Gasteiger partial charge in [0.25, 0.3) is 0 Å². The second kappa shape index (κ2) is 6.63. The maximum absolute atomic E-state index is 5.88. The summed E-state index contributed by atoms with van der Waals surface area (Å²) in [6.07, 6.45) is 8.79. The van der Waals surface area contributed by atoms with Gasteiger partial charge in [0.2, 0.25) is 0 Å². The molecule has 0 saturated heterocycles. The first-order valence-electron chi connectivity index (χ1n) is 9.14. The van der Waals surface area contributed by atoms with Gasteiger partial charge in [0.15, 0.2) is 5.13 Å². The number of nitrogens with zero attached hydrogens (tertiary/aromatic N) is 3. The summed E-state index contributed by atoms with van der Waals surface area (Å²) in [6.45, 7) is 0. The molecule has 1 aliphatic rings. The Kier molecular flexibility index (Phi) is 3.98. The molecule has 0 atom stereocenters. The molecule has 2 heterocycles. The van der Waals surface area contributed by atoms with E-state index in [9.17, 15) is 0 Å². The fourth-order valence-corrected chi connectivity index (χ4v) is 4.31. The van der Waals surface area contributed by atoms with Crippen molar-refractivity contribution in [2.75, 3.05) is 5.73 Å². The first-order valence-corrected chi connectivity index (χ1v) is 9.95. The van der Waals surface area contributed by atoms with Gasteiger partial charge in [-0.15, -0.1) is 0 Å². The molecule has 4 aromatic rings. The van der Waals surface area contributed by atoms with Crippen LogP contribution in [0.5, 0.6) is 0 Å². The van der Waals surface area contributed by atoms with Crippen molar-refractivity contribution in [1.82, 2.24) is 15.2 Å².